The fourth-order valence-electron chi connectivity index (χ4n) is 2.67. The van der Waals surface area contributed by atoms with Gasteiger partial charge in [-0.25, -0.2) is 0 Å². The average molecular weight is 355 g/mol. The number of amides is 1. The first-order valence-corrected chi connectivity index (χ1v) is 8.58. The lowest BCUT2D eigenvalue weighted by Gasteiger charge is -2.18. The highest BCUT2D eigenvalue weighted by molar-refractivity contribution is 6.29. The maximum atomic E-state index is 11.9. The summed E-state index contributed by atoms with van der Waals surface area (Å²) in [5, 5.41) is 10.8. The summed E-state index contributed by atoms with van der Waals surface area (Å²) in [6, 6.07) is 3.44. The van der Waals surface area contributed by atoms with Crippen LogP contribution in [0.15, 0.2) is 12.1 Å². The summed E-state index contributed by atoms with van der Waals surface area (Å²) in [4.78, 5) is 25.3. The van der Waals surface area contributed by atoms with Crippen molar-refractivity contribution in [1.82, 2.24) is 15.5 Å². The minimum atomic E-state index is -0.495. The number of carbonyl (C=O) groups is 2. The van der Waals surface area contributed by atoms with Crippen molar-refractivity contribution in [1.29, 1.82) is 0 Å². The number of hydrogen-bond donors (Lipinski definition) is 1. The van der Waals surface area contributed by atoms with Crippen LogP contribution in [0.3, 0.4) is 0 Å². The lowest BCUT2D eigenvalue weighted by Crippen LogP contribution is -2.38. The summed E-state index contributed by atoms with van der Waals surface area (Å²) < 4.78 is 5.03. The second-order valence-electron chi connectivity index (χ2n) is 5.99. The molecule has 1 saturated carbocycles. The Bertz CT molecular complexity index is 545. The van der Waals surface area contributed by atoms with E-state index in [2.05, 4.69) is 15.5 Å². The zero-order chi connectivity index (χ0) is 17.4. The second kappa shape index (κ2) is 9.42. The minimum absolute atomic E-state index is 0.0208. The van der Waals surface area contributed by atoms with Crippen LogP contribution in [0.4, 0.5) is 5.82 Å². The number of anilines is 1. The van der Waals surface area contributed by atoms with E-state index in [0.717, 1.165) is 25.7 Å². The van der Waals surface area contributed by atoms with Crippen molar-refractivity contribution in [2.45, 2.75) is 44.6 Å². The fourth-order valence-corrected chi connectivity index (χ4v) is 2.77. The first-order valence-electron chi connectivity index (χ1n) is 8.20. The van der Waals surface area contributed by atoms with Gasteiger partial charge in [0, 0.05) is 13.1 Å². The van der Waals surface area contributed by atoms with E-state index >= 15 is 0 Å². The fraction of sp³-hybridized carbons (Fsp3) is 0.625. The first kappa shape index (κ1) is 18.4. The number of halogens is 1. The van der Waals surface area contributed by atoms with Crippen molar-refractivity contribution < 1.29 is 14.3 Å². The Morgan fingerprint density at radius 3 is 2.58 bits per heavy atom. The molecule has 132 valence electrons. The smallest absolute Gasteiger partial charge is 0.326 e. The van der Waals surface area contributed by atoms with Crippen molar-refractivity contribution in [2.75, 3.05) is 25.1 Å². The van der Waals surface area contributed by atoms with Gasteiger partial charge < -0.3 is 15.0 Å². The van der Waals surface area contributed by atoms with Gasteiger partial charge in [-0.15, -0.1) is 10.2 Å². The molecule has 1 N–H and O–H groups in total. The molecule has 1 aliphatic rings. The van der Waals surface area contributed by atoms with Gasteiger partial charge in [0.05, 0.1) is 0 Å². The van der Waals surface area contributed by atoms with Gasteiger partial charge >= 0.3 is 5.97 Å². The largest absolute Gasteiger partial charge is 0.454 e. The molecular formula is C16H23ClN4O3. The molecule has 1 aromatic heterocycles. The molecule has 1 fully saturated rings. The van der Waals surface area contributed by atoms with Gasteiger partial charge in [-0.2, -0.15) is 0 Å². The summed E-state index contributed by atoms with van der Waals surface area (Å²) in [6.45, 7) is -0.275. The summed E-state index contributed by atoms with van der Waals surface area (Å²) in [7, 11) is 1.69. The molecule has 0 radical (unpaired) electrons. The Hall–Kier alpha value is -1.89. The number of esters is 1. The number of carbonyl (C=O) groups excluding carboxylic acids is 2. The number of likely N-dealkylation sites (N-methyl/N-ethyl adjacent to an activating group) is 1. The molecule has 0 aliphatic heterocycles. The Labute approximate surface area is 146 Å². The van der Waals surface area contributed by atoms with E-state index in [1.165, 1.54) is 12.8 Å². The minimum Gasteiger partial charge on any atom is -0.454 e. The molecule has 24 heavy (non-hydrogen) atoms. The van der Waals surface area contributed by atoms with Gasteiger partial charge in [0.2, 0.25) is 0 Å². The lowest BCUT2D eigenvalue weighted by atomic mass is 10.1. The number of nitrogens with one attached hydrogen (secondary N) is 1. The van der Waals surface area contributed by atoms with Crippen LogP contribution < -0.4 is 10.2 Å². The predicted molar refractivity (Wildman–Crippen MR) is 90.9 cm³/mol. The second-order valence-corrected chi connectivity index (χ2v) is 6.37. The van der Waals surface area contributed by atoms with E-state index in [9.17, 15) is 9.59 Å². The topological polar surface area (TPSA) is 84.4 Å². The van der Waals surface area contributed by atoms with Crippen molar-refractivity contribution in [3.8, 4) is 0 Å². The van der Waals surface area contributed by atoms with Crippen LogP contribution in [0, 0.1) is 0 Å². The van der Waals surface area contributed by atoms with Crippen LogP contribution in [0.25, 0.3) is 0 Å². The van der Waals surface area contributed by atoms with Gasteiger partial charge in [0.1, 0.15) is 6.54 Å². The van der Waals surface area contributed by atoms with Crippen molar-refractivity contribution in [3.63, 3.8) is 0 Å². The molecule has 0 atom stereocenters. The summed E-state index contributed by atoms with van der Waals surface area (Å²) in [5.74, 6) is -0.242. The maximum absolute atomic E-state index is 11.9. The Morgan fingerprint density at radius 1 is 1.25 bits per heavy atom. The van der Waals surface area contributed by atoms with Gasteiger partial charge in [-0.3, -0.25) is 9.59 Å². The van der Waals surface area contributed by atoms with E-state index in [-0.39, 0.29) is 30.3 Å². The molecule has 7 nitrogen and oxygen atoms in total. The molecule has 2 rings (SSSR count). The highest BCUT2D eigenvalue weighted by Crippen LogP contribution is 2.17. The quantitative estimate of drug-likeness (QED) is 0.621. The summed E-state index contributed by atoms with van der Waals surface area (Å²) in [5.41, 5.74) is 0. The molecule has 1 heterocycles. The zero-order valence-electron chi connectivity index (χ0n) is 13.8. The molecule has 0 saturated heterocycles. The molecule has 0 spiro atoms. The Kier molecular flexibility index (Phi) is 7.24. The number of ether oxygens (including phenoxy) is 1. The third-order valence-corrected chi connectivity index (χ3v) is 4.16. The van der Waals surface area contributed by atoms with Crippen LogP contribution >= 0.6 is 11.6 Å². The predicted octanol–water partition coefficient (Wildman–Crippen LogP) is 1.95. The number of hydrogen-bond acceptors (Lipinski definition) is 6. The van der Waals surface area contributed by atoms with Gasteiger partial charge in [-0.1, -0.05) is 37.3 Å². The van der Waals surface area contributed by atoms with E-state index in [4.69, 9.17) is 16.3 Å². The van der Waals surface area contributed by atoms with E-state index in [0.29, 0.717) is 5.82 Å². The highest BCUT2D eigenvalue weighted by Gasteiger charge is 2.16. The average Bonchev–Trinajstić information content (AvgIpc) is 2.82. The number of rotatable bonds is 6. The van der Waals surface area contributed by atoms with Gasteiger partial charge in [0.15, 0.2) is 17.6 Å². The normalized spacial score (nSPS) is 15.4. The van der Waals surface area contributed by atoms with Crippen LogP contribution in [-0.2, 0) is 14.3 Å². The van der Waals surface area contributed by atoms with E-state index < -0.39 is 5.97 Å². The van der Waals surface area contributed by atoms with Crippen LogP contribution in [0.5, 0.6) is 0 Å². The Balaban J connectivity index is 1.69. The first-order chi connectivity index (χ1) is 11.5. The number of aromatic nitrogens is 2. The molecule has 0 unspecified atom stereocenters. The monoisotopic (exact) mass is 354 g/mol. The SMILES string of the molecule is CN(CC(=O)OCC(=O)NC1CCCCCC1)c1ccc(Cl)nn1. The standard InChI is InChI=1S/C16H23ClN4O3/c1-21(14-9-8-13(17)19-20-14)10-16(23)24-11-15(22)18-12-6-4-2-3-5-7-12/h8-9,12H,2-7,10-11H2,1H3,(H,18,22). The highest BCUT2D eigenvalue weighted by atomic mass is 35.5. The third-order valence-electron chi connectivity index (χ3n) is 3.96. The molecule has 1 aromatic rings. The molecule has 1 amide bonds. The third kappa shape index (κ3) is 6.31. The maximum Gasteiger partial charge on any atom is 0.326 e. The van der Waals surface area contributed by atoms with Crippen molar-refractivity contribution in [3.05, 3.63) is 17.3 Å². The van der Waals surface area contributed by atoms with Crippen molar-refractivity contribution >= 4 is 29.3 Å². The molecule has 0 aromatic carbocycles. The van der Waals surface area contributed by atoms with Gasteiger partial charge in [-0.05, 0) is 25.0 Å². The van der Waals surface area contributed by atoms with E-state index in [1.54, 1.807) is 24.1 Å². The van der Waals surface area contributed by atoms with Crippen LogP contribution in [0.1, 0.15) is 38.5 Å². The van der Waals surface area contributed by atoms with Crippen LogP contribution in [-0.4, -0.2) is 48.3 Å². The molecule has 1 aliphatic carbocycles. The summed E-state index contributed by atoms with van der Waals surface area (Å²) >= 11 is 5.67. The lowest BCUT2D eigenvalue weighted by molar-refractivity contribution is -0.147. The summed E-state index contributed by atoms with van der Waals surface area (Å²) in [6.07, 6.45) is 6.72. The van der Waals surface area contributed by atoms with Crippen molar-refractivity contribution in [2.24, 2.45) is 0 Å². The van der Waals surface area contributed by atoms with E-state index in [1.807, 2.05) is 0 Å². The zero-order valence-corrected chi connectivity index (χ0v) is 14.6. The van der Waals surface area contributed by atoms with Crippen LogP contribution in [0.2, 0.25) is 5.15 Å². The molecule has 0 bridgehead atoms. The molecular weight excluding hydrogens is 332 g/mol. The Morgan fingerprint density at radius 2 is 1.96 bits per heavy atom. The molecule has 8 heteroatoms. The number of nitrogens with zero attached hydrogens (tertiary/aromatic N) is 3. The van der Waals surface area contributed by atoms with Gasteiger partial charge in [0.25, 0.3) is 5.91 Å².